The number of hydrogen-bond acceptors (Lipinski definition) is 3. The van der Waals surface area contributed by atoms with Gasteiger partial charge in [-0.25, -0.2) is 22.6 Å². The minimum Gasteiger partial charge on any atom is -0.303 e. The molecule has 1 aromatic heterocycles. The van der Waals surface area contributed by atoms with Crippen LogP contribution >= 0.6 is 0 Å². The van der Waals surface area contributed by atoms with Gasteiger partial charge in [-0.1, -0.05) is 36.4 Å². The van der Waals surface area contributed by atoms with Crippen LogP contribution in [0.1, 0.15) is 27.9 Å². The van der Waals surface area contributed by atoms with Crippen LogP contribution in [0.3, 0.4) is 0 Å². The number of aromatic nitrogens is 2. The van der Waals surface area contributed by atoms with E-state index in [9.17, 15) is 27.6 Å². The van der Waals surface area contributed by atoms with E-state index in [-0.39, 0.29) is 17.7 Å². The molecule has 0 saturated carbocycles. The first-order chi connectivity index (χ1) is 18.2. The van der Waals surface area contributed by atoms with Crippen LogP contribution < -0.4 is 10.9 Å². The molecular formula is C28H21F3N4O3. The van der Waals surface area contributed by atoms with Crippen LogP contribution in [-0.4, -0.2) is 26.6 Å². The van der Waals surface area contributed by atoms with Crippen molar-refractivity contribution >= 4 is 18.0 Å². The van der Waals surface area contributed by atoms with E-state index in [1.165, 1.54) is 29.0 Å². The lowest BCUT2D eigenvalue weighted by Gasteiger charge is -2.13. The maximum atomic E-state index is 14.1. The number of benzene rings is 3. The number of urea groups is 1. The monoisotopic (exact) mass is 518 g/mol. The predicted molar refractivity (Wildman–Crippen MR) is 134 cm³/mol. The van der Waals surface area contributed by atoms with E-state index in [0.717, 1.165) is 17.7 Å². The number of nitrogens with zero attached hydrogens (tertiary/aromatic N) is 2. The summed E-state index contributed by atoms with van der Waals surface area (Å²) < 4.78 is 43.0. The van der Waals surface area contributed by atoms with E-state index in [2.05, 4.69) is 10.4 Å². The molecule has 5 rings (SSSR count). The van der Waals surface area contributed by atoms with Crippen molar-refractivity contribution in [1.82, 2.24) is 20.0 Å². The smallest absolute Gasteiger partial charge is 0.303 e. The summed E-state index contributed by atoms with van der Waals surface area (Å²) in [5.41, 5.74) is 1.47. The highest BCUT2D eigenvalue weighted by Crippen LogP contribution is 2.22. The zero-order valence-corrected chi connectivity index (χ0v) is 20.1. The average molecular weight is 518 g/mol. The number of amides is 3. The van der Waals surface area contributed by atoms with Crippen LogP contribution in [0.4, 0.5) is 18.0 Å². The molecule has 2 N–H and O–H groups in total. The fourth-order valence-electron chi connectivity index (χ4n) is 4.27. The summed E-state index contributed by atoms with van der Waals surface area (Å²) in [6.45, 7) is 1.21. The second kappa shape index (κ2) is 9.89. The Balaban J connectivity index is 1.55. The third-order valence-corrected chi connectivity index (χ3v) is 6.28. The van der Waals surface area contributed by atoms with Crippen molar-refractivity contribution in [3.63, 3.8) is 0 Å². The molecule has 10 heteroatoms. The number of carbonyl (C=O) groups is 2. The van der Waals surface area contributed by atoms with Gasteiger partial charge in [-0.15, -0.1) is 0 Å². The highest BCUT2D eigenvalue weighted by molar-refractivity contribution is 6.13. The van der Waals surface area contributed by atoms with Crippen LogP contribution in [0.2, 0.25) is 0 Å². The van der Waals surface area contributed by atoms with Gasteiger partial charge in [-0.05, 0) is 54.5 Å². The van der Waals surface area contributed by atoms with Crippen molar-refractivity contribution in [2.24, 2.45) is 0 Å². The maximum Gasteiger partial charge on any atom is 0.329 e. The fourth-order valence-corrected chi connectivity index (χ4v) is 4.27. The van der Waals surface area contributed by atoms with Gasteiger partial charge in [0.2, 0.25) is 0 Å². The molecule has 192 valence electrons. The number of carbonyl (C=O) groups excluding carboxylic acids is 2. The average Bonchev–Trinajstić information content (AvgIpc) is 3.33. The molecule has 3 amide bonds. The molecule has 1 saturated heterocycles. The zero-order chi connectivity index (χ0) is 27.0. The molecule has 0 bridgehead atoms. The Morgan fingerprint density at radius 2 is 1.55 bits per heavy atom. The van der Waals surface area contributed by atoms with Crippen LogP contribution in [-0.2, 0) is 17.8 Å². The molecule has 1 aliphatic heterocycles. The standard InChI is InChI=1S/C28H21F3N4O3/c1-16-5-2-3-8-25(16)35-26(36)19(23(33-35)13-17-9-11-18(29)12-10-17)14-24-27(37)34(28(38)32-24)15-20-21(30)6-4-7-22(20)31/h2-12,14,33H,13,15H2,1H3,(H,32,38)/b24-14-. The zero-order valence-electron chi connectivity index (χ0n) is 20.1. The lowest BCUT2D eigenvalue weighted by molar-refractivity contribution is -0.123. The molecule has 2 heterocycles. The van der Waals surface area contributed by atoms with Crippen LogP contribution in [0, 0.1) is 24.4 Å². The Labute approximate surface area is 214 Å². The van der Waals surface area contributed by atoms with Gasteiger partial charge in [0.1, 0.15) is 23.1 Å². The number of hydrogen-bond donors (Lipinski definition) is 2. The van der Waals surface area contributed by atoms with Gasteiger partial charge in [-0.2, -0.15) is 0 Å². The van der Waals surface area contributed by atoms with E-state index >= 15 is 0 Å². The molecular weight excluding hydrogens is 497 g/mol. The summed E-state index contributed by atoms with van der Waals surface area (Å²) in [4.78, 5) is 39.8. The van der Waals surface area contributed by atoms with E-state index < -0.39 is 47.1 Å². The Bertz CT molecular complexity index is 1630. The minimum absolute atomic E-state index is 0.0974. The number of halogens is 3. The van der Waals surface area contributed by atoms with E-state index in [1.54, 1.807) is 24.3 Å². The predicted octanol–water partition coefficient (Wildman–Crippen LogP) is 4.58. The van der Waals surface area contributed by atoms with Gasteiger partial charge in [0.25, 0.3) is 11.5 Å². The second-order valence-corrected chi connectivity index (χ2v) is 8.81. The number of H-pyrrole nitrogens is 1. The quantitative estimate of drug-likeness (QED) is 0.290. The maximum absolute atomic E-state index is 14.1. The number of nitrogens with one attached hydrogen (secondary N) is 2. The van der Waals surface area contributed by atoms with Crippen LogP contribution in [0.5, 0.6) is 0 Å². The lowest BCUT2D eigenvalue weighted by Crippen LogP contribution is -2.31. The Kier molecular flexibility index (Phi) is 6.46. The van der Waals surface area contributed by atoms with Crippen molar-refractivity contribution < 1.29 is 22.8 Å². The molecule has 0 atom stereocenters. The molecule has 1 fully saturated rings. The topological polar surface area (TPSA) is 87.2 Å². The van der Waals surface area contributed by atoms with E-state index in [4.69, 9.17) is 0 Å². The summed E-state index contributed by atoms with van der Waals surface area (Å²) >= 11 is 0. The van der Waals surface area contributed by atoms with Gasteiger partial charge in [0.15, 0.2) is 0 Å². The molecule has 0 unspecified atom stereocenters. The Hall–Kier alpha value is -4.86. The molecule has 0 aliphatic carbocycles. The number of imide groups is 1. The van der Waals surface area contributed by atoms with Crippen LogP contribution in [0.15, 0.2) is 77.2 Å². The Morgan fingerprint density at radius 3 is 2.24 bits per heavy atom. The SMILES string of the molecule is Cc1ccccc1-n1[nH]c(Cc2ccc(F)cc2)c(/C=C2\NC(=O)N(Cc3c(F)cccc3F)C2=O)c1=O. The van der Waals surface area contributed by atoms with Crippen molar-refractivity contribution in [2.75, 3.05) is 0 Å². The largest absolute Gasteiger partial charge is 0.329 e. The normalized spacial score (nSPS) is 14.4. The molecule has 7 nitrogen and oxygen atoms in total. The molecule has 0 radical (unpaired) electrons. The molecule has 4 aromatic rings. The Morgan fingerprint density at radius 1 is 0.868 bits per heavy atom. The lowest BCUT2D eigenvalue weighted by atomic mass is 10.1. The van der Waals surface area contributed by atoms with Crippen molar-refractivity contribution in [3.05, 3.63) is 128 Å². The van der Waals surface area contributed by atoms with Gasteiger partial charge >= 0.3 is 6.03 Å². The fraction of sp³-hybridized carbons (Fsp3) is 0.107. The van der Waals surface area contributed by atoms with Gasteiger partial charge in [-0.3, -0.25) is 19.6 Å². The summed E-state index contributed by atoms with van der Waals surface area (Å²) in [6, 6.07) is 15.3. The number of rotatable bonds is 6. The summed E-state index contributed by atoms with van der Waals surface area (Å²) in [7, 11) is 0. The van der Waals surface area contributed by atoms with E-state index in [0.29, 0.717) is 21.8 Å². The van der Waals surface area contributed by atoms with Gasteiger partial charge in [0, 0.05) is 17.7 Å². The van der Waals surface area contributed by atoms with Crippen LogP contribution in [0.25, 0.3) is 11.8 Å². The molecule has 0 spiro atoms. The summed E-state index contributed by atoms with van der Waals surface area (Å²) in [5.74, 6) is -3.03. The summed E-state index contributed by atoms with van der Waals surface area (Å²) in [5, 5.41) is 5.45. The number of para-hydroxylation sites is 1. The second-order valence-electron chi connectivity index (χ2n) is 8.81. The third-order valence-electron chi connectivity index (χ3n) is 6.28. The molecule has 38 heavy (non-hydrogen) atoms. The van der Waals surface area contributed by atoms with Gasteiger partial charge in [0.05, 0.1) is 17.8 Å². The van der Waals surface area contributed by atoms with Crippen molar-refractivity contribution in [3.8, 4) is 5.69 Å². The van der Waals surface area contributed by atoms with Crippen molar-refractivity contribution in [1.29, 1.82) is 0 Å². The highest BCUT2D eigenvalue weighted by Gasteiger charge is 2.35. The van der Waals surface area contributed by atoms with E-state index in [1.807, 2.05) is 19.1 Å². The first kappa shape index (κ1) is 24.8. The first-order valence-corrected chi connectivity index (χ1v) is 11.6. The highest BCUT2D eigenvalue weighted by atomic mass is 19.1. The number of aromatic amines is 1. The first-order valence-electron chi connectivity index (χ1n) is 11.6. The summed E-state index contributed by atoms with van der Waals surface area (Å²) in [6.07, 6.45) is 1.43. The molecule has 3 aromatic carbocycles. The van der Waals surface area contributed by atoms with Gasteiger partial charge < -0.3 is 5.32 Å². The van der Waals surface area contributed by atoms with Crippen molar-refractivity contribution in [2.45, 2.75) is 19.9 Å². The number of aryl methyl sites for hydroxylation is 1. The minimum atomic E-state index is -0.892. The molecule has 1 aliphatic rings. The third kappa shape index (κ3) is 4.63.